The topological polar surface area (TPSA) is 75.4 Å². The van der Waals surface area contributed by atoms with Gasteiger partial charge in [0.15, 0.2) is 0 Å². The average Bonchev–Trinajstić information content (AvgIpc) is 3.27. The smallest absolute Gasteiger partial charge is 0.352 e. The second-order valence-electron chi connectivity index (χ2n) is 6.45. The lowest BCUT2D eigenvalue weighted by Crippen LogP contribution is -2.57. The predicted octanol–water partition coefficient (Wildman–Crippen LogP) is 2.40. The Balaban J connectivity index is 1.81. The number of nitrogens with two attached hydrogens (primary N) is 1. The van der Waals surface area contributed by atoms with E-state index in [2.05, 4.69) is 5.32 Å². The van der Waals surface area contributed by atoms with E-state index in [9.17, 15) is 22.8 Å². The molecule has 0 bridgehead atoms. The fraction of sp³-hybridized carbons (Fsp3) is 0.500. The second-order valence-corrected chi connectivity index (χ2v) is 6.45. The summed E-state index contributed by atoms with van der Waals surface area (Å²) in [6.07, 6.45) is -1.54. The standard InChI is InChI=1S/C16H18F3N3O2/c17-16(18,19)11-3-1-2-10(8-11)9-22-13(23)12(21-14(20)24)4-5-15(22)6-7-15/h1-3,8,12H,4-7,9H2,(H3,20,21,24). The number of carbonyl (C=O) groups excluding carboxylic acids is 2. The van der Waals surface area contributed by atoms with Crippen LogP contribution in [0.1, 0.15) is 36.8 Å². The Bertz CT molecular complexity index is 671. The number of hydrogen-bond donors (Lipinski definition) is 2. The van der Waals surface area contributed by atoms with Gasteiger partial charge in [-0.1, -0.05) is 12.1 Å². The number of amides is 3. The first-order valence-corrected chi connectivity index (χ1v) is 7.75. The first-order valence-electron chi connectivity index (χ1n) is 7.75. The molecule has 1 unspecified atom stereocenters. The van der Waals surface area contributed by atoms with Crippen LogP contribution in [0.15, 0.2) is 24.3 Å². The Morgan fingerprint density at radius 1 is 1.33 bits per heavy atom. The highest BCUT2D eigenvalue weighted by Crippen LogP contribution is 2.49. The first kappa shape index (κ1) is 16.6. The Morgan fingerprint density at radius 2 is 2.04 bits per heavy atom. The number of nitrogens with one attached hydrogen (secondary N) is 1. The van der Waals surface area contributed by atoms with Crippen molar-refractivity contribution in [1.29, 1.82) is 0 Å². The predicted molar refractivity (Wildman–Crippen MR) is 79.7 cm³/mol. The Kier molecular flexibility index (Phi) is 3.93. The van der Waals surface area contributed by atoms with Gasteiger partial charge in [0.2, 0.25) is 5.91 Å². The molecule has 1 aliphatic heterocycles. The summed E-state index contributed by atoms with van der Waals surface area (Å²) in [5.74, 6) is -0.282. The van der Waals surface area contributed by atoms with E-state index < -0.39 is 23.8 Å². The van der Waals surface area contributed by atoms with Crippen molar-refractivity contribution < 1.29 is 22.8 Å². The third kappa shape index (κ3) is 3.18. The van der Waals surface area contributed by atoms with Gasteiger partial charge in [0.1, 0.15) is 6.04 Å². The van der Waals surface area contributed by atoms with Crippen molar-refractivity contribution in [3.05, 3.63) is 35.4 Å². The van der Waals surface area contributed by atoms with E-state index in [-0.39, 0.29) is 18.0 Å². The molecule has 8 heteroatoms. The lowest BCUT2D eigenvalue weighted by Gasteiger charge is -2.40. The molecule has 0 aromatic heterocycles. The normalized spacial score (nSPS) is 22.5. The molecule has 1 aliphatic carbocycles. The minimum atomic E-state index is -4.42. The highest BCUT2D eigenvalue weighted by atomic mass is 19.4. The molecule has 3 rings (SSSR count). The van der Waals surface area contributed by atoms with E-state index in [1.807, 2.05) is 0 Å². The summed E-state index contributed by atoms with van der Waals surface area (Å²) in [7, 11) is 0. The maximum Gasteiger partial charge on any atom is 0.416 e. The fourth-order valence-electron chi connectivity index (χ4n) is 3.34. The van der Waals surface area contributed by atoms with Crippen LogP contribution in [0.25, 0.3) is 0 Å². The molecule has 1 atom stereocenters. The van der Waals surface area contributed by atoms with Crippen molar-refractivity contribution in [2.75, 3.05) is 0 Å². The molecule has 1 aromatic carbocycles. The molecule has 2 aliphatic rings. The van der Waals surface area contributed by atoms with Gasteiger partial charge in [-0.15, -0.1) is 0 Å². The van der Waals surface area contributed by atoms with Gasteiger partial charge in [-0.3, -0.25) is 4.79 Å². The number of likely N-dealkylation sites (tertiary alicyclic amines) is 1. The molecule has 1 spiro atoms. The van der Waals surface area contributed by atoms with E-state index in [0.29, 0.717) is 18.4 Å². The maximum atomic E-state index is 12.9. The molecular weight excluding hydrogens is 323 g/mol. The van der Waals surface area contributed by atoms with Crippen molar-refractivity contribution in [3.8, 4) is 0 Å². The molecular formula is C16H18F3N3O2. The van der Waals surface area contributed by atoms with Crippen LogP contribution >= 0.6 is 0 Å². The number of piperidine rings is 1. The quantitative estimate of drug-likeness (QED) is 0.886. The number of hydrogen-bond acceptors (Lipinski definition) is 2. The highest BCUT2D eigenvalue weighted by molar-refractivity contribution is 5.88. The summed E-state index contributed by atoms with van der Waals surface area (Å²) < 4.78 is 38.6. The van der Waals surface area contributed by atoms with Gasteiger partial charge in [-0.2, -0.15) is 13.2 Å². The van der Waals surface area contributed by atoms with Crippen molar-refractivity contribution in [3.63, 3.8) is 0 Å². The van der Waals surface area contributed by atoms with Gasteiger partial charge < -0.3 is 16.0 Å². The number of nitrogens with zero attached hydrogens (tertiary/aromatic N) is 1. The van der Waals surface area contributed by atoms with E-state index in [4.69, 9.17) is 5.73 Å². The van der Waals surface area contributed by atoms with Crippen molar-refractivity contribution in [2.45, 2.75) is 50.0 Å². The third-order valence-corrected chi connectivity index (χ3v) is 4.77. The lowest BCUT2D eigenvalue weighted by atomic mass is 9.94. The number of alkyl halides is 3. The van der Waals surface area contributed by atoms with Gasteiger partial charge >= 0.3 is 12.2 Å². The van der Waals surface area contributed by atoms with Crippen LogP contribution in [0.2, 0.25) is 0 Å². The monoisotopic (exact) mass is 341 g/mol. The first-order chi connectivity index (χ1) is 11.2. The maximum absolute atomic E-state index is 12.9. The number of primary amides is 1. The number of urea groups is 1. The molecule has 1 aromatic rings. The molecule has 3 N–H and O–H groups in total. The average molecular weight is 341 g/mol. The van der Waals surface area contributed by atoms with Crippen molar-refractivity contribution in [2.24, 2.45) is 5.73 Å². The van der Waals surface area contributed by atoms with E-state index in [0.717, 1.165) is 25.0 Å². The van der Waals surface area contributed by atoms with Crippen LogP contribution in [-0.2, 0) is 17.5 Å². The SMILES string of the molecule is NC(=O)NC1CCC2(CC2)N(Cc2cccc(C(F)(F)F)c2)C1=O. The van der Waals surface area contributed by atoms with E-state index in [1.54, 1.807) is 11.0 Å². The van der Waals surface area contributed by atoms with Crippen LogP contribution in [-0.4, -0.2) is 28.4 Å². The van der Waals surface area contributed by atoms with Gasteiger partial charge in [-0.25, -0.2) is 4.79 Å². The van der Waals surface area contributed by atoms with Crippen molar-refractivity contribution in [1.82, 2.24) is 10.2 Å². The summed E-state index contributed by atoms with van der Waals surface area (Å²) in [4.78, 5) is 25.3. The molecule has 3 amide bonds. The molecule has 24 heavy (non-hydrogen) atoms. The third-order valence-electron chi connectivity index (χ3n) is 4.77. The van der Waals surface area contributed by atoms with E-state index >= 15 is 0 Å². The summed E-state index contributed by atoms with van der Waals surface area (Å²) in [5, 5.41) is 2.42. The largest absolute Gasteiger partial charge is 0.416 e. The lowest BCUT2D eigenvalue weighted by molar-refractivity contribution is -0.141. The van der Waals surface area contributed by atoms with Crippen LogP contribution in [0.3, 0.4) is 0 Å². The molecule has 0 radical (unpaired) electrons. The summed E-state index contributed by atoms with van der Waals surface area (Å²) in [5.41, 5.74) is 4.50. The van der Waals surface area contributed by atoms with Gasteiger partial charge in [0.05, 0.1) is 5.56 Å². The minimum absolute atomic E-state index is 0.0969. The number of rotatable bonds is 3. The Labute approximate surface area is 137 Å². The zero-order valence-electron chi connectivity index (χ0n) is 12.9. The molecule has 1 heterocycles. The number of halogens is 3. The summed E-state index contributed by atoms with van der Waals surface area (Å²) in [6, 6.07) is 3.49. The van der Waals surface area contributed by atoms with Gasteiger partial charge in [0.25, 0.3) is 0 Å². The zero-order valence-corrected chi connectivity index (χ0v) is 12.9. The number of benzene rings is 1. The van der Waals surface area contributed by atoms with Gasteiger partial charge in [-0.05, 0) is 43.4 Å². The zero-order chi connectivity index (χ0) is 17.5. The van der Waals surface area contributed by atoms with Crippen molar-refractivity contribution >= 4 is 11.9 Å². The van der Waals surface area contributed by atoms with Crippen LogP contribution < -0.4 is 11.1 Å². The molecule has 5 nitrogen and oxygen atoms in total. The Morgan fingerprint density at radius 3 is 2.62 bits per heavy atom. The van der Waals surface area contributed by atoms with Crippen LogP contribution in [0, 0.1) is 0 Å². The molecule has 2 fully saturated rings. The molecule has 130 valence electrons. The number of carbonyl (C=O) groups is 2. The molecule has 1 saturated carbocycles. The van der Waals surface area contributed by atoms with E-state index in [1.165, 1.54) is 6.07 Å². The summed E-state index contributed by atoms with van der Waals surface area (Å²) >= 11 is 0. The minimum Gasteiger partial charge on any atom is -0.352 e. The molecule has 1 saturated heterocycles. The highest BCUT2D eigenvalue weighted by Gasteiger charge is 2.54. The Hall–Kier alpha value is -2.25. The van der Waals surface area contributed by atoms with Crippen LogP contribution in [0.5, 0.6) is 0 Å². The second kappa shape index (κ2) is 5.68. The van der Waals surface area contributed by atoms with Gasteiger partial charge in [0, 0.05) is 12.1 Å². The summed E-state index contributed by atoms with van der Waals surface area (Å²) in [6.45, 7) is 0.0969. The fourth-order valence-corrected chi connectivity index (χ4v) is 3.34. The van der Waals surface area contributed by atoms with Crippen LogP contribution in [0.4, 0.5) is 18.0 Å².